The van der Waals surface area contributed by atoms with E-state index in [1.807, 2.05) is 6.92 Å². The molecule has 112 valence electrons. The van der Waals surface area contributed by atoms with Crippen LogP contribution in [0.1, 0.15) is 47.5 Å². The van der Waals surface area contributed by atoms with Crippen molar-refractivity contribution in [3.8, 4) is 0 Å². The molecule has 0 saturated carbocycles. The van der Waals surface area contributed by atoms with Gasteiger partial charge in [0.1, 0.15) is 0 Å². The van der Waals surface area contributed by atoms with E-state index in [-0.39, 0.29) is 17.1 Å². The van der Waals surface area contributed by atoms with E-state index in [0.717, 1.165) is 12.8 Å². The molecule has 1 fully saturated rings. The highest BCUT2D eigenvalue weighted by molar-refractivity contribution is 5.65. The number of rotatable bonds is 5. The number of carbonyl (C=O) groups is 1. The van der Waals surface area contributed by atoms with Crippen molar-refractivity contribution >= 4 is 6.09 Å². The van der Waals surface area contributed by atoms with Gasteiger partial charge >= 0.3 is 6.09 Å². The third kappa shape index (κ3) is 4.99. The summed E-state index contributed by atoms with van der Waals surface area (Å²) in [6.07, 6.45) is 0.808. The summed E-state index contributed by atoms with van der Waals surface area (Å²) in [7, 11) is 0. The third-order valence-corrected chi connectivity index (χ3v) is 3.54. The molecule has 5 heteroatoms. The first-order chi connectivity index (χ1) is 8.67. The number of carboxylic acid groups (broad SMARTS) is 1. The van der Waals surface area contributed by atoms with Gasteiger partial charge in [0.2, 0.25) is 0 Å². The van der Waals surface area contributed by atoms with Gasteiger partial charge in [-0.1, -0.05) is 0 Å². The highest BCUT2D eigenvalue weighted by Crippen LogP contribution is 2.31. The average Bonchev–Trinajstić information content (AvgIpc) is 2.19. The second-order valence-electron chi connectivity index (χ2n) is 6.63. The van der Waals surface area contributed by atoms with E-state index < -0.39 is 6.09 Å². The van der Waals surface area contributed by atoms with Crippen molar-refractivity contribution < 1.29 is 14.6 Å². The fraction of sp³-hybridized carbons (Fsp3) is 0.929. The van der Waals surface area contributed by atoms with E-state index in [2.05, 4.69) is 33.0 Å². The van der Waals surface area contributed by atoms with E-state index >= 15 is 0 Å². The first kappa shape index (κ1) is 16.2. The molecule has 19 heavy (non-hydrogen) atoms. The van der Waals surface area contributed by atoms with Gasteiger partial charge in [0, 0.05) is 30.3 Å². The van der Waals surface area contributed by atoms with Crippen LogP contribution in [0.2, 0.25) is 0 Å². The van der Waals surface area contributed by atoms with Gasteiger partial charge in [-0.05, 0) is 47.5 Å². The van der Waals surface area contributed by atoms with Gasteiger partial charge in [0.05, 0.1) is 6.61 Å². The summed E-state index contributed by atoms with van der Waals surface area (Å²) in [5.41, 5.74) is -0.0997. The Kier molecular flexibility index (Phi) is 5.21. The monoisotopic (exact) mass is 272 g/mol. The van der Waals surface area contributed by atoms with E-state index in [0.29, 0.717) is 19.8 Å². The molecule has 2 N–H and O–H groups in total. The Hall–Kier alpha value is -0.810. The van der Waals surface area contributed by atoms with Crippen molar-refractivity contribution in [2.75, 3.05) is 19.8 Å². The lowest BCUT2D eigenvalue weighted by atomic mass is 9.79. The maximum Gasteiger partial charge on any atom is 0.407 e. The Morgan fingerprint density at radius 3 is 2.26 bits per heavy atom. The van der Waals surface area contributed by atoms with Gasteiger partial charge < -0.3 is 20.1 Å². The van der Waals surface area contributed by atoms with Crippen LogP contribution in [0.15, 0.2) is 0 Å². The third-order valence-electron chi connectivity index (χ3n) is 3.54. The fourth-order valence-corrected chi connectivity index (χ4v) is 3.23. The quantitative estimate of drug-likeness (QED) is 0.754. The highest BCUT2D eigenvalue weighted by Gasteiger charge is 2.41. The molecule has 0 atom stereocenters. The molecule has 0 unspecified atom stereocenters. The zero-order valence-corrected chi connectivity index (χ0v) is 12.8. The fourth-order valence-electron chi connectivity index (χ4n) is 3.23. The van der Waals surface area contributed by atoms with Crippen LogP contribution >= 0.6 is 0 Å². The van der Waals surface area contributed by atoms with Crippen molar-refractivity contribution in [1.82, 2.24) is 10.2 Å². The van der Waals surface area contributed by atoms with Gasteiger partial charge in [-0.25, -0.2) is 4.79 Å². The summed E-state index contributed by atoms with van der Waals surface area (Å²) >= 11 is 0. The van der Waals surface area contributed by atoms with Gasteiger partial charge in [0.25, 0.3) is 0 Å². The summed E-state index contributed by atoms with van der Waals surface area (Å²) in [6.45, 7) is 12.0. The minimum absolute atomic E-state index is 0.0456. The molecule has 1 heterocycles. The van der Waals surface area contributed by atoms with E-state index in [9.17, 15) is 9.90 Å². The molecule has 0 aromatic heterocycles. The summed E-state index contributed by atoms with van der Waals surface area (Å²) in [4.78, 5) is 13.0. The molecule has 1 aliphatic heterocycles. The number of amides is 1. The minimum atomic E-state index is -0.849. The van der Waals surface area contributed by atoms with E-state index in [1.54, 1.807) is 4.90 Å². The predicted molar refractivity (Wildman–Crippen MR) is 75.5 cm³/mol. The Bertz CT molecular complexity index is 300. The van der Waals surface area contributed by atoms with Gasteiger partial charge in [-0.15, -0.1) is 0 Å². The maximum absolute atomic E-state index is 11.5. The first-order valence-corrected chi connectivity index (χ1v) is 7.03. The van der Waals surface area contributed by atoms with Crippen LogP contribution in [0.5, 0.6) is 0 Å². The van der Waals surface area contributed by atoms with Gasteiger partial charge in [0.15, 0.2) is 0 Å². The highest BCUT2D eigenvalue weighted by atomic mass is 16.5. The van der Waals surface area contributed by atoms with Crippen LogP contribution in [0, 0.1) is 0 Å². The van der Waals surface area contributed by atoms with Gasteiger partial charge in [-0.2, -0.15) is 0 Å². The number of nitrogens with one attached hydrogen (secondary N) is 1. The molecular weight excluding hydrogens is 244 g/mol. The Labute approximate surface area is 116 Å². The molecular formula is C14H28N2O3. The molecule has 5 nitrogen and oxygen atoms in total. The molecule has 1 amide bonds. The summed E-state index contributed by atoms with van der Waals surface area (Å²) in [5.74, 6) is 0. The second-order valence-corrected chi connectivity index (χ2v) is 6.63. The molecule has 0 aromatic carbocycles. The zero-order valence-electron chi connectivity index (χ0n) is 12.8. The SMILES string of the molecule is CCOCCN(C(=O)O)C1CC(C)(C)NC(C)(C)C1. The van der Waals surface area contributed by atoms with E-state index in [4.69, 9.17) is 4.74 Å². The molecule has 0 aromatic rings. The van der Waals surface area contributed by atoms with Crippen LogP contribution in [0.25, 0.3) is 0 Å². The lowest BCUT2D eigenvalue weighted by molar-refractivity contribution is 0.0423. The maximum atomic E-state index is 11.5. The summed E-state index contributed by atoms with van der Waals surface area (Å²) in [5, 5.41) is 13.0. The Balaban J connectivity index is 2.75. The normalized spacial score (nSPS) is 22.2. The lowest BCUT2D eigenvalue weighted by Crippen LogP contribution is -2.63. The molecule has 0 bridgehead atoms. The zero-order chi connectivity index (χ0) is 14.7. The minimum Gasteiger partial charge on any atom is -0.465 e. The smallest absolute Gasteiger partial charge is 0.407 e. The lowest BCUT2D eigenvalue weighted by Gasteiger charge is -2.49. The predicted octanol–water partition coefficient (Wildman–Crippen LogP) is 2.31. The van der Waals surface area contributed by atoms with Crippen LogP contribution in [0.3, 0.4) is 0 Å². The molecule has 0 radical (unpaired) electrons. The van der Waals surface area contributed by atoms with Crippen LogP contribution in [0.4, 0.5) is 4.79 Å². The van der Waals surface area contributed by atoms with Gasteiger partial charge in [-0.3, -0.25) is 0 Å². The molecule has 1 rings (SSSR count). The average molecular weight is 272 g/mol. The Morgan fingerprint density at radius 1 is 1.32 bits per heavy atom. The van der Waals surface area contributed by atoms with Crippen molar-refractivity contribution in [3.63, 3.8) is 0 Å². The summed E-state index contributed by atoms with van der Waals surface area (Å²) < 4.78 is 5.29. The van der Waals surface area contributed by atoms with Crippen molar-refractivity contribution in [1.29, 1.82) is 0 Å². The molecule has 0 aliphatic carbocycles. The van der Waals surface area contributed by atoms with Crippen molar-refractivity contribution in [3.05, 3.63) is 0 Å². The van der Waals surface area contributed by atoms with Crippen molar-refractivity contribution in [2.45, 2.75) is 64.6 Å². The molecule has 0 spiro atoms. The van der Waals surface area contributed by atoms with Crippen LogP contribution in [-0.2, 0) is 4.74 Å². The molecule has 1 saturated heterocycles. The summed E-state index contributed by atoms with van der Waals surface area (Å²) in [6, 6.07) is 0.0456. The standard InChI is InChI=1S/C14H28N2O3/c1-6-19-8-7-16(12(17)18)11-9-13(2,3)15-14(4,5)10-11/h11,15H,6-10H2,1-5H3,(H,17,18). The largest absolute Gasteiger partial charge is 0.465 e. The number of ether oxygens (including phenoxy) is 1. The number of nitrogens with zero attached hydrogens (tertiary/aromatic N) is 1. The molecule has 1 aliphatic rings. The van der Waals surface area contributed by atoms with Crippen LogP contribution in [-0.4, -0.2) is 53.0 Å². The van der Waals surface area contributed by atoms with Crippen LogP contribution < -0.4 is 5.32 Å². The van der Waals surface area contributed by atoms with Crippen molar-refractivity contribution in [2.24, 2.45) is 0 Å². The Morgan fingerprint density at radius 2 is 1.84 bits per heavy atom. The number of hydrogen-bond donors (Lipinski definition) is 2. The van der Waals surface area contributed by atoms with E-state index in [1.165, 1.54) is 0 Å². The number of piperidine rings is 1. The second kappa shape index (κ2) is 6.09. The topological polar surface area (TPSA) is 61.8 Å². The first-order valence-electron chi connectivity index (χ1n) is 7.03. The number of hydrogen-bond acceptors (Lipinski definition) is 3.